The highest BCUT2D eigenvalue weighted by molar-refractivity contribution is 5.80. The molecule has 1 N–H and O–H groups in total. The lowest BCUT2D eigenvalue weighted by Gasteiger charge is -2.15. The molecule has 1 atom stereocenters. The van der Waals surface area contributed by atoms with Crippen LogP contribution >= 0.6 is 0 Å². The minimum Gasteiger partial charge on any atom is -0.481 e. The Labute approximate surface area is 136 Å². The van der Waals surface area contributed by atoms with Crippen LogP contribution in [0.2, 0.25) is 0 Å². The lowest BCUT2D eigenvalue weighted by molar-refractivity contribution is -0.127. The van der Waals surface area contributed by atoms with Gasteiger partial charge < -0.3 is 10.1 Å². The average Bonchev–Trinajstić information content (AvgIpc) is 2.53. The summed E-state index contributed by atoms with van der Waals surface area (Å²) in [5, 5.41) is 2.86. The number of amides is 1. The Morgan fingerprint density at radius 2 is 1.96 bits per heavy atom. The van der Waals surface area contributed by atoms with Crippen molar-refractivity contribution in [2.24, 2.45) is 0 Å². The Kier molecular flexibility index (Phi) is 6.15. The van der Waals surface area contributed by atoms with E-state index in [1.165, 1.54) is 12.1 Å². The number of aryl methyl sites for hydroxylation is 2. The number of nitrogens with one attached hydrogen (secondary N) is 1. The van der Waals surface area contributed by atoms with E-state index in [4.69, 9.17) is 4.74 Å². The first-order valence-electron chi connectivity index (χ1n) is 7.80. The smallest absolute Gasteiger partial charge is 0.260 e. The second kappa shape index (κ2) is 8.32. The Hall–Kier alpha value is -2.36. The monoisotopic (exact) mass is 315 g/mol. The summed E-state index contributed by atoms with van der Waals surface area (Å²) in [6.07, 6.45) is 1.06. The third-order valence-electron chi connectivity index (χ3n) is 3.53. The molecule has 0 aliphatic carbocycles. The van der Waals surface area contributed by atoms with Crippen LogP contribution in [0.4, 0.5) is 4.39 Å². The molecule has 4 heteroatoms. The molecule has 0 saturated heterocycles. The summed E-state index contributed by atoms with van der Waals surface area (Å²) in [5.74, 6) is 0.328. The van der Waals surface area contributed by atoms with Crippen molar-refractivity contribution in [3.05, 3.63) is 65.5 Å². The quantitative estimate of drug-likeness (QED) is 0.792. The SMILES string of the molecule is Cc1cccc(OC(C)C(=O)NCCCc2ccc(F)cc2)c1. The summed E-state index contributed by atoms with van der Waals surface area (Å²) < 4.78 is 18.4. The molecular weight excluding hydrogens is 293 g/mol. The van der Waals surface area contributed by atoms with Crippen molar-refractivity contribution in [1.82, 2.24) is 5.32 Å². The first kappa shape index (κ1) is 17.0. The van der Waals surface area contributed by atoms with Crippen LogP contribution in [0.5, 0.6) is 5.75 Å². The minimum atomic E-state index is -0.539. The first-order chi connectivity index (χ1) is 11.0. The highest BCUT2D eigenvalue weighted by Gasteiger charge is 2.13. The molecule has 23 heavy (non-hydrogen) atoms. The number of halogens is 1. The van der Waals surface area contributed by atoms with Gasteiger partial charge in [-0.1, -0.05) is 24.3 Å². The molecule has 0 aliphatic rings. The van der Waals surface area contributed by atoms with Gasteiger partial charge in [-0.05, 0) is 62.1 Å². The molecule has 0 radical (unpaired) electrons. The fourth-order valence-electron chi connectivity index (χ4n) is 2.25. The van der Waals surface area contributed by atoms with Crippen LogP contribution in [0, 0.1) is 12.7 Å². The maximum atomic E-state index is 12.8. The Morgan fingerprint density at radius 3 is 2.65 bits per heavy atom. The summed E-state index contributed by atoms with van der Waals surface area (Å²) in [5.41, 5.74) is 2.15. The van der Waals surface area contributed by atoms with Crippen LogP contribution < -0.4 is 10.1 Å². The molecule has 0 saturated carbocycles. The van der Waals surface area contributed by atoms with Gasteiger partial charge in [0.15, 0.2) is 6.10 Å². The fraction of sp³-hybridized carbons (Fsp3) is 0.316. The predicted molar refractivity (Wildman–Crippen MR) is 89.0 cm³/mol. The van der Waals surface area contributed by atoms with Gasteiger partial charge in [-0.15, -0.1) is 0 Å². The molecule has 2 aromatic carbocycles. The van der Waals surface area contributed by atoms with Crippen molar-refractivity contribution in [2.75, 3.05) is 6.54 Å². The molecule has 0 heterocycles. The van der Waals surface area contributed by atoms with Crippen molar-refractivity contribution >= 4 is 5.91 Å². The van der Waals surface area contributed by atoms with Crippen LogP contribution in [0.3, 0.4) is 0 Å². The van der Waals surface area contributed by atoms with Crippen molar-refractivity contribution in [3.63, 3.8) is 0 Å². The number of hydrogen-bond donors (Lipinski definition) is 1. The molecule has 2 aromatic rings. The molecular formula is C19H22FNO2. The number of hydrogen-bond acceptors (Lipinski definition) is 2. The lowest BCUT2D eigenvalue weighted by atomic mass is 10.1. The highest BCUT2D eigenvalue weighted by Crippen LogP contribution is 2.14. The normalized spacial score (nSPS) is 11.8. The number of ether oxygens (including phenoxy) is 1. The highest BCUT2D eigenvalue weighted by atomic mass is 19.1. The topological polar surface area (TPSA) is 38.3 Å². The minimum absolute atomic E-state index is 0.134. The standard InChI is InChI=1S/C19H22FNO2/c1-14-5-3-7-18(13-14)23-15(2)19(22)21-12-4-6-16-8-10-17(20)11-9-16/h3,5,7-11,13,15H,4,6,12H2,1-2H3,(H,21,22). The van der Waals surface area contributed by atoms with E-state index in [0.717, 1.165) is 24.0 Å². The molecule has 0 bridgehead atoms. The molecule has 3 nitrogen and oxygen atoms in total. The van der Waals surface area contributed by atoms with E-state index in [1.807, 2.05) is 31.2 Å². The summed E-state index contributed by atoms with van der Waals surface area (Å²) >= 11 is 0. The molecule has 0 spiro atoms. The second-order valence-electron chi connectivity index (χ2n) is 5.60. The van der Waals surface area contributed by atoms with Crippen molar-refractivity contribution in [1.29, 1.82) is 0 Å². The van der Waals surface area contributed by atoms with Crippen molar-refractivity contribution in [3.8, 4) is 5.75 Å². The largest absolute Gasteiger partial charge is 0.481 e. The first-order valence-corrected chi connectivity index (χ1v) is 7.80. The third kappa shape index (κ3) is 5.74. The van der Waals surface area contributed by atoms with Gasteiger partial charge in [-0.2, -0.15) is 0 Å². The number of carbonyl (C=O) groups is 1. The molecule has 0 aromatic heterocycles. The van der Waals surface area contributed by atoms with E-state index in [2.05, 4.69) is 5.32 Å². The van der Waals surface area contributed by atoms with Crippen LogP contribution in [0.1, 0.15) is 24.5 Å². The maximum absolute atomic E-state index is 12.8. The van der Waals surface area contributed by atoms with E-state index in [-0.39, 0.29) is 11.7 Å². The summed E-state index contributed by atoms with van der Waals surface area (Å²) in [6, 6.07) is 14.0. The number of benzene rings is 2. The van der Waals surface area contributed by atoms with Gasteiger partial charge in [-0.25, -0.2) is 4.39 Å². The Bertz CT molecular complexity index is 640. The van der Waals surface area contributed by atoms with E-state index < -0.39 is 6.10 Å². The summed E-state index contributed by atoms with van der Waals surface area (Å²) in [6.45, 7) is 4.28. The van der Waals surface area contributed by atoms with Gasteiger partial charge in [0.2, 0.25) is 0 Å². The van der Waals surface area contributed by atoms with Gasteiger partial charge in [0.05, 0.1) is 0 Å². The third-order valence-corrected chi connectivity index (χ3v) is 3.53. The van der Waals surface area contributed by atoms with Crippen LogP contribution in [-0.4, -0.2) is 18.6 Å². The van der Waals surface area contributed by atoms with E-state index in [9.17, 15) is 9.18 Å². The molecule has 1 amide bonds. The maximum Gasteiger partial charge on any atom is 0.260 e. The molecule has 122 valence electrons. The van der Waals surface area contributed by atoms with Gasteiger partial charge >= 0.3 is 0 Å². The van der Waals surface area contributed by atoms with Crippen LogP contribution in [0.15, 0.2) is 48.5 Å². The number of rotatable bonds is 7. The molecule has 2 rings (SSSR count). The Balaban J connectivity index is 1.70. The van der Waals surface area contributed by atoms with Crippen LogP contribution in [-0.2, 0) is 11.2 Å². The number of carbonyl (C=O) groups excluding carboxylic acids is 1. The van der Waals surface area contributed by atoms with E-state index in [0.29, 0.717) is 12.3 Å². The van der Waals surface area contributed by atoms with Crippen molar-refractivity contribution in [2.45, 2.75) is 32.8 Å². The van der Waals surface area contributed by atoms with Gasteiger partial charge in [0.1, 0.15) is 11.6 Å². The predicted octanol–water partition coefficient (Wildman–Crippen LogP) is 3.65. The fourth-order valence-corrected chi connectivity index (χ4v) is 2.25. The average molecular weight is 315 g/mol. The summed E-state index contributed by atoms with van der Waals surface area (Å²) in [7, 11) is 0. The van der Waals surface area contributed by atoms with E-state index in [1.54, 1.807) is 19.1 Å². The van der Waals surface area contributed by atoms with Crippen molar-refractivity contribution < 1.29 is 13.9 Å². The summed E-state index contributed by atoms with van der Waals surface area (Å²) in [4.78, 5) is 12.0. The van der Waals surface area contributed by atoms with Crippen LogP contribution in [0.25, 0.3) is 0 Å². The molecule has 1 unspecified atom stereocenters. The lowest BCUT2D eigenvalue weighted by Crippen LogP contribution is -2.36. The zero-order chi connectivity index (χ0) is 16.7. The van der Waals surface area contributed by atoms with Gasteiger partial charge in [0.25, 0.3) is 5.91 Å². The molecule has 0 fully saturated rings. The zero-order valence-electron chi connectivity index (χ0n) is 13.5. The van der Waals surface area contributed by atoms with Gasteiger partial charge in [-0.3, -0.25) is 4.79 Å². The second-order valence-corrected chi connectivity index (χ2v) is 5.60. The Morgan fingerprint density at radius 1 is 1.22 bits per heavy atom. The molecule has 0 aliphatic heterocycles. The van der Waals surface area contributed by atoms with E-state index >= 15 is 0 Å². The zero-order valence-corrected chi connectivity index (χ0v) is 13.5. The van der Waals surface area contributed by atoms with Gasteiger partial charge in [0, 0.05) is 6.54 Å².